The second-order valence-corrected chi connectivity index (χ2v) is 7.61. The SMILES string of the molecule is C[C@H](NCCc1ccc(OCC(=O)OCc2ccccc2)cc1)[C@H](O)c1ccc(O)cc1.Cl. The van der Waals surface area contributed by atoms with Crippen LogP contribution in [0.25, 0.3) is 0 Å². The molecule has 3 rings (SSSR count). The summed E-state index contributed by atoms with van der Waals surface area (Å²) in [7, 11) is 0. The Balaban J connectivity index is 0.00000385. The molecule has 33 heavy (non-hydrogen) atoms. The fourth-order valence-corrected chi connectivity index (χ4v) is 3.19. The molecule has 0 saturated carbocycles. The standard InChI is InChI=1S/C26H29NO5.ClH/c1-19(26(30)22-9-11-23(28)12-10-22)27-16-15-20-7-13-24(14-8-20)31-18-25(29)32-17-21-5-3-2-4-6-21;/h2-14,19,26-28,30H,15-18H2,1H3;1H/t19-,26-;/m0./s1. The van der Waals surface area contributed by atoms with Gasteiger partial charge in [0.15, 0.2) is 6.61 Å². The van der Waals surface area contributed by atoms with Crippen LogP contribution in [0.3, 0.4) is 0 Å². The molecule has 3 N–H and O–H groups in total. The summed E-state index contributed by atoms with van der Waals surface area (Å²) >= 11 is 0. The topological polar surface area (TPSA) is 88.0 Å². The molecule has 3 aromatic rings. The maximum atomic E-state index is 11.8. The highest BCUT2D eigenvalue weighted by molar-refractivity contribution is 5.85. The van der Waals surface area contributed by atoms with Gasteiger partial charge < -0.3 is 25.0 Å². The van der Waals surface area contributed by atoms with Gasteiger partial charge in [-0.1, -0.05) is 54.6 Å². The average Bonchev–Trinajstić information content (AvgIpc) is 2.83. The highest BCUT2D eigenvalue weighted by atomic mass is 35.5. The van der Waals surface area contributed by atoms with Crippen LogP contribution in [0, 0.1) is 0 Å². The molecular formula is C26H30ClNO5. The summed E-state index contributed by atoms with van der Waals surface area (Å²) in [5.74, 6) is 0.371. The summed E-state index contributed by atoms with van der Waals surface area (Å²) in [6.07, 6.45) is 0.125. The van der Waals surface area contributed by atoms with Gasteiger partial charge in [0.2, 0.25) is 0 Å². The number of ether oxygens (including phenoxy) is 2. The van der Waals surface area contributed by atoms with Crippen LogP contribution in [0.4, 0.5) is 0 Å². The van der Waals surface area contributed by atoms with Crippen molar-refractivity contribution in [1.82, 2.24) is 5.32 Å². The number of carbonyl (C=O) groups is 1. The van der Waals surface area contributed by atoms with Crippen LogP contribution in [0.1, 0.15) is 29.7 Å². The minimum absolute atomic E-state index is 0. The molecule has 0 spiro atoms. The number of rotatable bonds is 11. The summed E-state index contributed by atoms with van der Waals surface area (Å²) in [5.41, 5.74) is 2.80. The average molecular weight is 472 g/mol. The number of aromatic hydroxyl groups is 1. The van der Waals surface area contributed by atoms with Crippen molar-refractivity contribution in [2.24, 2.45) is 0 Å². The zero-order valence-corrected chi connectivity index (χ0v) is 19.3. The van der Waals surface area contributed by atoms with E-state index in [2.05, 4.69) is 5.32 Å². The van der Waals surface area contributed by atoms with Crippen molar-refractivity contribution in [2.45, 2.75) is 32.1 Å². The molecule has 176 valence electrons. The van der Waals surface area contributed by atoms with Crippen LogP contribution >= 0.6 is 12.4 Å². The third-order valence-corrected chi connectivity index (χ3v) is 5.11. The molecular weight excluding hydrogens is 442 g/mol. The maximum Gasteiger partial charge on any atom is 0.344 e. The van der Waals surface area contributed by atoms with E-state index in [1.807, 2.05) is 61.5 Å². The van der Waals surface area contributed by atoms with Crippen molar-refractivity contribution < 1.29 is 24.5 Å². The number of esters is 1. The second kappa shape index (κ2) is 13.5. The van der Waals surface area contributed by atoms with E-state index in [4.69, 9.17) is 9.47 Å². The Morgan fingerprint density at radius 2 is 1.61 bits per heavy atom. The molecule has 0 aliphatic carbocycles. The van der Waals surface area contributed by atoms with E-state index in [0.29, 0.717) is 12.3 Å². The quantitative estimate of drug-likeness (QED) is 0.363. The second-order valence-electron chi connectivity index (χ2n) is 7.61. The van der Waals surface area contributed by atoms with Crippen molar-refractivity contribution in [3.05, 3.63) is 95.6 Å². The van der Waals surface area contributed by atoms with E-state index in [9.17, 15) is 15.0 Å². The molecule has 6 nitrogen and oxygen atoms in total. The molecule has 2 atom stereocenters. The molecule has 0 saturated heterocycles. The highest BCUT2D eigenvalue weighted by Crippen LogP contribution is 2.19. The first-order chi connectivity index (χ1) is 15.5. The molecule has 0 amide bonds. The molecule has 0 aromatic heterocycles. The lowest BCUT2D eigenvalue weighted by atomic mass is 10.0. The van der Waals surface area contributed by atoms with E-state index in [-0.39, 0.29) is 37.4 Å². The number of aliphatic hydroxyl groups excluding tert-OH is 1. The lowest BCUT2D eigenvalue weighted by Gasteiger charge is -2.20. The summed E-state index contributed by atoms with van der Waals surface area (Å²) in [4.78, 5) is 11.8. The van der Waals surface area contributed by atoms with Crippen molar-refractivity contribution >= 4 is 18.4 Å². The Morgan fingerprint density at radius 3 is 2.27 bits per heavy atom. The van der Waals surface area contributed by atoms with Gasteiger partial charge >= 0.3 is 5.97 Å². The highest BCUT2D eigenvalue weighted by Gasteiger charge is 2.15. The van der Waals surface area contributed by atoms with Gasteiger partial charge in [0.1, 0.15) is 18.1 Å². The molecule has 0 bridgehead atoms. The monoisotopic (exact) mass is 471 g/mol. The van der Waals surface area contributed by atoms with Crippen LogP contribution < -0.4 is 10.1 Å². The largest absolute Gasteiger partial charge is 0.508 e. The summed E-state index contributed by atoms with van der Waals surface area (Å²) in [6, 6.07) is 23.5. The molecule has 0 aliphatic rings. The molecule has 0 aliphatic heterocycles. The van der Waals surface area contributed by atoms with Crippen LogP contribution in [0.15, 0.2) is 78.9 Å². The van der Waals surface area contributed by atoms with Gasteiger partial charge in [-0.3, -0.25) is 0 Å². The fourth-order valence-electron chi connectivity index (χ4n) is 3.19. The van der Waals surface area contributed by atoms with Crippen LogP contribution in [-0.2, 0) is 22.6 Å². The van der Waals surface area contributed by atoms with Crippen LogP contribution in [-0.4, -0.2) is 35.4 Å². The molecule has 0 unspecified atom stereocenters. The van der Waals surface area contributed by atoms with Gasteiger partial charge in [0.25, 0.3) is 0 Å². The fraction of sp³-hybridized carbons (Fsp3) is 0.269. The zero-order valence-electron chi connectivity index (χ0n) is 18.5. The van der Waals surface area contributed by atoms with Crippen LogP contribution in [0.5, 0.6) is 11.5 Å². The minimum Gasteiger partial charge on any atom is -0.508 e. The first kappa shape index (κ1) is 26.2. The van der Waals surface area contributed by atoms with E-state index in [1.165, 1.54) is 0 Å². The molecule has 7 heteroatoms. The normalized spacial score (nSPS) is 12.3. The van der Waals surface area contributed by atoms with Gasteiger partial charge in [-0.15, -0.1) is 12.4 Å². The van der Waals surface area contributed by atoms with Crippen molar-refractivity contribution in [3.8, 4) is 11.5 Å². The Hall–Kier alpha value is -3.06. The number of phenolic OH excluding ortho intramolecular Hbond substituents is 1. The number of hydrogen-bond donors (Lipinski definition) is 3. The molecule has 0 fully saturated rings. The Morgan fingerprint density at radius 1 is 0.939 bits per heavy atom. The summed E-state index contributed by atoms with van der Waals surface area (Å²) in [6.45, 7) is 2.71. The van der Waals surface area contributed by atoms with Crippen molar-refractivity contribution in [3.63, 3.8) is 0 Å². The molecule has 3 aromatic carbocycles. The number of benzene rings is 3. The van der Waals surface area contributed by atoms with Gasteiger partial charge in [-0.05, 0) is 60.8 Å². The van der Waals surface area contributed by atoms with E-state index in [1.54, 1.807) is 24.3 Å². The Labute approximate surface area is 200 Å². The van der Waals surface area contributed by atoms with Gasteiger partial charge in [-0.2, -0.15) is 0 Å². The predicted molar refractivity (Wildman–Crippen MR) is 130 cm³/mol. The van der Waals surface area contributed by atoms with E-state index < -0.39 is 12.1 Å². The lowest BCUT2D eigenvalue weighted by Crippen LogP contribution is -2.33. The summed E-state index contributed by atoms with van der Waals surface area (Å²) in [5, 5.41) is 23.1. The number of aliphatic hydroxyl groups is 1. The van der Waals surface area contributed by atoms with Crippen LogP contribution in [0.2, 0.25) is 0 Å². The lowest BCUT2D eigenvalue weighted by molar-refractivity contribution is -0.147. The number of halogens is 1. The third kappa shape index (κ3) is 8.77. The predicted octanol–water partition coefficient (Wildman–Crippen LogP) is 4.19. The van der Waals surface area contributed by atoms with Crippen molar-refractivity contribution in [1.29, 1.82) is 0 Å². The maximum absolute atomic E-state index is 11.8. The van der Waals surface area contributed by atoms with Gasteiger partial charge in [0.05, 0.1) is 6.10 Å². The Kier molecular flexibility index (Phi) is 10.7. The summed E-state index contributed by atoms with van der Waals surface area (Å²) < 4.78 is 10.7. The van der Waals surface area contributed by atoms with Gasteiger partial charge in [-0.25, -0.2) is 4.79 Å². The van der Waals surface area contributed by atoms with E-state index in [0.717, 1.165) is 23.1 Å². The van der Waals surface area contributed by atoms with Crippen molar-refractivity contribution in [2.75, 3.05) is 13.2 Å². The first-order valence-electron chi connectivity index (χ1n) is 10.6. The third-order valence-electron chi connectivity index (χ3n) is 5.11. The number of nitrogens with one attached hydrogen (secondary N) is 1. The number of carbonyl (C=O) groups excluding carboxylic acids is 1. The van der Waals surface area contributed by atoms with Gasteiger partial charge in [0, 0.05) is 6.04 Å². The number of phenols is 1. The van der Waals surface area contributed by atoms with E-state index >= 15 is 0 Å². The molecule has 0 heterocycles. The smallest absolute Gasteiger partial charge is 0.344 e. The zero-order chi connectivity index (χ0) is 22.8. The Bertz CT molecular complexity index is 964. The molecule has 0 radical (unpaired) electrons. The number of hydrogen-bond acceptors (Lipinski definition) is 6. The first-order valence-corrected chi connectivity index (χ1v) is 10.6. The minimum atomic E-state index is -0.659.